The first kappa shape index (κ1) is 21.9. The quantitative estimate of drug-likeness (QED) is 0.509. The van der Waals surface area contributed by atoms with Gasteiger partial charge in [-0.3, -0.25) is 9.89 Å². The maximum Gasteiger partial charge on any atom is 0.310 e. The summed E-state index contributed by atoms with van der Waals surface area (Å²) in [6.45, 7) is 0.464. The number of benzene rings is 2. The summed E-state index contributed by atoms with van der Waals surface area (Å²) in [5.74, 6) is 1.77. The van der Waals surface area contributed by atoms with Gasteiger partial charge in [0.05, 0.1) is 33.9 Å². The molecule has 0 amide bonds. The Bertz CT molecular complexity index is 1260. The van der Waals surface area contributed by atoms with E-state index < -0.39 is 5.92 Å². The predicted molar refractivity (Wildman–Crippen MR) is 123 cm³/mol. The number of nitrogens with one attached hydrogen (secondary N) is 1. The molecule has 1 fully saturated rings. The molecule has 3 heterocycles. The van der Waals surface area contributed by atoms with Crippen molar-refractivity contribution in [3.05, 3.63) is 47.3 Å². The predicted octanol–water partition coefficient (Wildman–Crippen LogP) is 3.33. The van der Waals surface area contributed by atoms with Crippen molar-refractivity contribution in [3.63, 3.8) is 0 Å². The van der Waals surface area contributed by atoms with Crippen LogP contribution in [0.1, 0.15) is 27.9 Å². The summed E-state index contributed by atoms with van der Waals surface area (Å²) in [4.78, 5) is 17.5. The second kappa shape index (κ2) is 8.56. The number of aromatic nitrogens is 3. The van der Waals surface area contributed by atoms with Crippen LogP contribution in [0, 0.1) is 11.8 Å². The van der Waals surface area contributed by atoms with Crippen LogP contribution in [0.25, 0.3) is 0 Å². The maximum absolute atomic E-state index is 13.2. The average molecular weight is 498 g/mol. The number of cyclic esters (lactones) is 1. The SMILES string of the molecule is COc1cc([C@@H]2c3cc4c(cc3[C@H](Sc3ncn[nH]3)[C@@H]3COC(=O)[C@H]23)OCO4)cc(OC)c1OC. The van der Waals surface area contributed by atoms with E-state index in [-0.39, 0.29) is 29.8 Å². The molecule has 2 aliphatic heterocycles. The molecule has 11 heteroatoms. The number of esters is 1. The molecule has 3 aliphatic rings. The van der Waals surface area contributed by atoms with Gasteiger partial charge in [0, 0.05) is 17.1 Å². The molecule has 6 rings (SSSR count). The van der Waals surface area contributed by atoms with Crippen LogP contribution in [-0.2, 0) is 9.53 Å². The van der Waals surface area contributed by atoms with Crippen LogP contribution < -0.4 is 23.7 Å². The lowest BCUT2D eigenvalue weighted by Gasteiger charge is -2.38. The zero-order chi connectivity index (χ0) is 24.1. The molecule has 0 unspecified atom stereocenters. The number of H-pyrrole nitrogens is 1. The van der Waals surface area contributed by atoms with Gasteiger partial charge in [-0.25, -0.2) is 4.98 Å². The number of hydrogen-bond donors (Lipinski definition) is 1. The lowest BCUT2D eigenvalue weighted by atomic mass is 9.67. The molecular formula is C24H23N3O7S. The van der Waals surface area contributed by atoms with Crippen LogP contribution >= 0.6 is 11.8 Å². The average Bonchev–Trinajstić information content (AvgIpc) is 3.64. The van der Waals surface area contributed by atoms with Gasteiger partial charge in [-0.1, -0.05) is 11.8 Å². The van der Waals surface area contributed by atoms with Crippen molar-refractivity contribution < 1.29 is 33.2 Å². The smallest absolute Gasteiger partial charge is 0.310 e. The molecule has 4 atom stereocenters. The number of carbonyl (C=O) groups is 1. The number of fused-ring (bicyclic) bond motifs is 3. The maximum atomic E-state index is 13.2. The highest BCUT2D eigenvalue weighted by Gasteiger charge is 2.53. The monoisotopic (exact) mass is 497 g/mol. The molecule has 182 valence electrons. The molecule has 10 nitrogen and oxygen atoms in total. The third-order valence-corrected chi connectivity index (χ3v) is 8.07. The van der Waals surface area contributed by atoms with Crippen LogP contribution in [-0.4, -0.2) is 55.9 Å². The molecule has 0 spiro atoms. The molecule has 1 N–H and O–H groups in total. The fourth-order valence-electron chi connectivity index (χ4n) is 5.32. The van der Waals surface area contributed by atoms with Crippen molar-refractivity contribution in [3.8, 4) is 28.7 Å². The van der Waals surface area contributed by atoms with E-state index in [9.17, 15) is 4.79 Å². The number of thioether (sulfide) groups is 1. The van der Waals surface area contributed by atoms with Crippen molar-refractivity contribution in [1.29, 1.82) is 0 Å². The van der Waals surface area contributed by atoms with Crippen molar-refractivity contribution in [1.82, 2.24) is 15.2 Å². The van der Waals surface area contributed by atoms with E-state index in [0.717, 1.165) is 16.7 Å². The van der Waals surface area contributed by atoms with Crippen molar-refractivity contribution >= 4 is 17.7 Å². The van der Waals surface area contributed by atoms with Crippen LogP contribution in [0.3, 0.4) is 0 Å². The first-order valence-electron chi connectivity index (χ1n) is 11.0. The topological polar surface area (TPSA) is 114 Å². The third kappa shape index (κ3) is 3.44. The lowest BCUT2D eigenvalue weighted by molar-refractivity contribution is -0.141. The first-order valence-corrected chi connectivity index (χ1v) is 11.9. The summed E-state index contributed by atoms with van der Waals surface area (Å²) < 4.78 is 33.8. The molecule has 1 aliphatic carbocycles. The molecule has 0 saturated carbocycles. The second-order valence-corrected chi connectivity index (χ2v) is 9.55. The summed E-state index contributed by atoms with van der Waals surface area (Å²) in [6.07, 6.45) is 1.47. The number of rotatable bonds is 6. The van der Waals surface area contributed by atoms with Crippen LogP contribution in [0.4, 0.5) is 0 Å². The highest BCUT2D eigenvalue weighted by molar-refractivity contribution is 7.99. The summed E-state index contributed by atoms with van der Waals surface area (Å²) in [6, 6.07) is 7.77. The number of carbonyl (C=O) groups excluding carboxylic acids is 1. The van der Waals surface area contributed by atoms with Gasteiger partial charge in [0.1, 0.15) is 6.33 Å². The minimum absolute atomic E-state index is 0.102. The number of hydrogen-bond acceptors (Lipinski definition) is 10. The molecule has 0 bridgehead atoms. The van der Waals surface area contributed by atoms with E-state index in [1.807, 2.05) is 24.3 Å². The van der Waals surface area contributed by atoms with Crippen LogP contribution in [0.15, 0.2) is 35.7 Å². The van der Waals surface area contributed by atoms with Crippen molar-refractivity contribution in [2.24, 2.45) is 11.8 Å². The molecule has 1 saturated heterocycles. The fourth-order valence-corrected chi connectivity index (χ4v) is 6.52. The number of aromatic amines is 1. The molecular weight excluding hydrogens is 474 g/mol. The number of nitrogens with zero attached hydrogens (tertiary/aromatic N) is 2. The van der Waals surface area contributed by atoms with Gasteiger partial charge in [-0.15, -0.1) is 0 Å². The Morgan fingerprint density at radius 1 is 0.971 bits per heavy atom. The van der Waals surface area contributed by atoms with E-state index >= 15 is 0 Å². The largest absolute Gasteiger partial charge is 0.493 e. The van der Waals surface area contributed by atoms with E-state index in [2.05, 4.69) is 15.2 Å². The third-order valence-electron chi connectivity index (χ3n) is 6.80. The summed E-state index contributed by atoms with van der Waals surface area (Å²) in [7, 11) is 4.71. The summed E-state index contributed by atoms with van der Waals surface area (Å²) >= 11 is 1.53. The van der Waals surface area contributed by atoms with Gasteiger partial charge in [0.2, 0.25) is 12.5 Å². The summed E-state index contributed by atoms with van der Waals surface area (Å²) in [5, 5.41) is 7.46. The Morgan fingerprint density at radius 2 is 1.69 bits per heavy atom. The minimum atomic E-state index is -0.425. The van der Waals surface area contributed by atoms with E-state index in [0.29, 0.717) is 40.5 Å². The molecule has 35 heavy (non-hydrogen) atoms. The Morgan fingerprint density at radius 3 is 2.31 bits per heavy atom. The Hall–Kier alpha value is -3.60. The Labute approximate surface area is 205 Å². The van der Waals surface area contributed by atoms with E-state index in [1.165, 1.54) is 18.1 Å². The van der Waals surface area contributed by atoms with Crippen molar-refractivity contribution in [2.75, 3.05) is 34.7 Å². The Kier molecular flexibility index (Phi) is 5.36. The fraction of sp³-hybridized carbons (Fsp3) is 0.375. The van der Waals surface area contributed by atoms with Crippen LogP contribution in [0.5, 0.6) is 28.7 Å². The van der Waals surface area contributed by atoms with Gasteiger partial charge in [-0.2, -0.15) is 5.10 Å². The van der Waals surface area contributed by atoms with E-state index in [1.54, 1.807) is 21.3 Å². The van der Waals surface area contributed by atoms with Gasteiger partial charge >= 0.3 is 5.97 Å². The normalized spacial score (nSPS) is 23.9. The zero-order valence-electron chi connectivity index (χ0n) is 19.3. The highest BCUT2D eigenvalue weighted by Crippen LogP contribution is 2.59. The van der Waals surface area contributed by atoms with E-state index in [4.69, 9.17) is 28.4 Å². The van der Waals surface area contributed by atoms with Gasteiger partial charge in [0.25, 0.3) is 0 Å². The molecule has 0 radical (unpaired) electrons. The molecule has 2 aromatic carbocycles. The molecule has 3 aromatic rings. The lowest BCUT2D eigenvalue weighted by Crippen LogP contribution is -2.33. The second-order valence-electron chi connectivity index (χ2n) is 8.42. The first-order chi connectivity index (χ1) is 17.1. The summed E-state index contributed by atoms with van der Waals surface area (Å²) in [5.41, 5.74) is 2.85. The van der Waals surface area contributed by atoms with Gasteiger partial charge < -0.3 is 28.4 Å². The highest BCUT2D eigenvalue weighted by atomic mass is 32.2. The Balaban J connectivity index is 1.56. The van der Waals surface area contributed by atoms with Crippen LogP contribution in [0.2, 0.25) is 0 Å². The number of ether oxygens (including phenoxy) is 6. The number of methoxy groups -OCH3 is 3. The molecule has 1 aromatic heterocycles. The van der Waals surface area contributed by atoms with Crippen molar-refractivity contribution in [2.45, 2.75) is 16.3 Å². The zero-order valence-corrected chi connectivity index (χ0v) is 20.1. The van der Waals surface area contributed by atoms with Gasteiger partial charge in [-0.05, 0) is 41.0 Å². The standard InChI is InChI=1S/C24H23N3O7S/c1-29-17-4-11(5-18(30-2)21(17)31-3)19-12-6-15-16(34-10-33-15)7-13(12)22(35-24-25-9-26-27-24)14-8-32-23(28)20(14)19/h4-7,9,14,19-20,22H,8,10H2,1-3H3,(H,25,26,27)/t14-,19-,20+,22+/m1/s1. The minimum Gasteiger partial charge on any atom is -0.493 e. The van der Waals surface area contributed by atoms with Gasteiger partial charge in [0.15, 0.2) is 28.2 Å².